The molecule has 0 bridgehead atoms. The second-order valence-corrected chi connectivity index (χ2v) is 11.9. The normalized spacial score (nSPS) is 19.7. The highest BCUT2D eigenvalue weighted by atomic mass is 16.5. The predicted octanol–water partition coefficient (Wildman–Crippen LogP) is 8.12. The topological polar surface area (TPSA) is 30.5 Å². The molecule has 206 valence electrons. The van der Waals surface area contributed by atoms with Crippen molar-refractivity contribution in [3.8, 4) is 28.4 Å². The van der Waals surface area contributed by atoms with Gasteiger partial charge < -0.3 is 14.4 Å². The quantitative estimate of drug-likeness (QED) is 0.198. The number of benzene rings is 5. The minimum atomic E-state index is -0.664. The van der Waals surface area contributed by atoms with Crippen LogP contribution in [0, 0.1) is 0 Å². The van der Waals surface area contributed by atoms with Crippen molar-refractivity contribution in [1.29, 1.82) is 0 Å². The molecule has 0 saturated heterocycles. The molecule has 0 radical (unpaired) electrons. The zero-order valence-corrected chi connectivity index (χ0v) is 23.5. The van der Waals surface area contributed by atoms with Crippen LogP contribution in [0.5, 0.6) is 11.5 Å². The van der Waals surface area contributed by atoms with Crippen molar-refractivity contribution < 1.29 is 14.0 Å². The number of aromatic nitrogens is 2. The third-order valence-corrected chi connectivity index (χ3v) is 9.89. The average Bonchev–Trinajstić information content (AvgIpc) is 3.75. The summed E-state index contributed by atoms with van der Waals surface area (Å²) < 4.78 is 18.7. The molecule has 0 amide bonds. The van der Waals surface area contributed by atoms with Crippen LogP contribution in [0.2, 0.25) is 0 Å². The predicted molar refractivity (Wildman–Crippen MR) is 171 cm³/mol. The van der Waals surface area contributed by atoms with E-state index in [1.165, 1.54) is 32.9 Å². The first-order valence-electron chi connectivity index (χ1n) is 15.0. The lowest BCUT2D eigenvalue weighted by molar-refractivity contribution is -0.746. The molecule has 7 aromatic rings. The molecule has 2 unspecified atom stereocenters. The van der Waals surface area contributed by atoms with Gasteiger partial charge in [-0.15, -0.1) is 0 Å². The Kier molecular flexibility index (Phi) is 4.02. The van der Waals surface area contributed by atoms with Gasteiger partial charge in [-0.1, -0.05) is 78.9 Å². The summed E-state index contributed by atoms with van der Waals surface area (Å²) in [7, 11) is 0. The number of para-hydroxylation sites is 1. The van der Waals surface area contributed by atoms with E-state index in [-0.39, 0.29) is 6.23 Å². The Balaban J connectivity index is 1.18. The summed E-state index contributed by atoms with van der Waals surface area (Å²) in [6.07, 6.45) is 4.05. The molecule has 0 fully saturated rings. The Morgan fingerprint density at radius 3 is 2.30 bits per heavy atom. The number of anilines is 1. The van der Waals surface area contributed by atoms with Gasteiger partial charge >= 0.3 is 0 Å². The zero-order chi connectivity index (χ0) is 28.6. The third-order valence-electron chi connectivity index (χ3n) is 9.89. The van der Waals surface area contributed by atoms with Crippen LogP contribution in [0.25, 0.3) is 44.5 Å². The molecule has 11 rings (SSSR count). The van der Waals surface area contributed by atoms with Gasteiger partial charge in [-0.25, -0.2) is 4.57 Å². The first-order chi connectivity index (χ1) is 21.8. The van der Waals surface area contributed by atoms with Crippen molar-refractivity contribution in [3.05, 3.63) is 156 Å². The molecule has 2 atom stereocenters. The van der Waals surface area contributed by atoms with E-state index in [0.29, 0.717) is 0 Å². The van der Waals surface area contributed by atoms with Crippen molar-refractivity contribution in [1.82, 2.24) is 4.57 Å². The van der Waals surface area contributed by atoms with Gasteiger partial charge in [0, 0.05) is 22.4 Å². The molecule has 1 spiro atoms. The highest BCUT2D eigenvalue weighted by molar-refractivity contribution is 6.11. The first-order valence-corrected chi connectivity index (χ1v) is 15.0. The van der Waals surface area contributed by atoms with E-state index in [9.17, 15) is 0 Å². The number of ether oxygens (including phenoxy) is 2. The second kappa shape index (κ2) is 7.77. The van der Waals surface area contributed by atoms with Gasteiger partial charge in [0.05, 0.1) is 23.6 Å². The van der Waals surface area contributed by atoms with Crippen LogP contribution in [-0.4, -0.2) is 10.8 Å². The Bertz CT molecular complexity index is 2410. The van der Waals surface area contributed by atoms with Crippen molar-refractivity contribution in [2.24, 2.45) is 0 Å². The molecule has 0 N–H and O–H groups in total. The molecule has 4 aliphatic heterocycles. The van der Waals surface area contributed by atoms with E-state index in [4.69, 9.17) is 9.47 Å². The fourth-order valence-electron chi connectivity index (χ4n) is 8.18. The van der Waals surface area contributed by atoms with Crippen LogP contribution < -0.4 is 14.2 Å². The zero-order valence-electron chi connectivity index (χ0n) is 23.5. The Labute approximate surface area is 253 Å². The van der Waals surface area contributed by atoms with Crippen LogP contribution in [0.3, 0.4) is 0 Å². The Hall–Kier alpha value is -5.81. The largest absolute Gasteiger partial charge is 0.462 e. The number of pyridine rings is 1. The second-order valence-electron chi connectivity index (χ2n) is 11.9. The lowest BCUT2D eigenvalue weighted by atomic mass is 9.77. The third kappa shape index (κ3) is 2.53. The summed E-state index contributed by atoms with van der Waals surface area (Å²) in [5.41, 5.74) is 8.56. The van der Waals surface area contributed by atoms with Crippen molar-refractivity contribution >= 4 is 33.3 Å². The minimum Gasteiger partial charge on any atom is -0.462 e. The maximum absolute atomic E-state index is 7.15. The summed E-state index contributed by atoms with van der Waals surface area (Å²) in [6.45, 7) is 0. The lowest BCUT2D eigenvalue weighted by Crippen LogP contribution is -2.67. The van der Waals surface area contributed by atoms with Gasteiger partial charge in [0.25, 0.3) is 5.82 Å². The summed E-state index contributed by atoms with van der Waals surface area (Å²) in [4.78, 5) is 2.32. The van der Waals surface area contributed by atoms with Crippen LogP contribution in [0.15, 0.2) is 140 Å². The smallest absolute Gasteiger partial charge is 0.288 e. The van der Waals surface area contributed by atoms with Gasteiger partial charge in [-0.3, -0.25) is 0 Å². The Morgan fingerprint density at radius 1 is 0.614 bits per heavy atom. The van der Waals surface area contributed by atoms with Crippen molar-refractivity contribution in [3.63, 3.8) is 0 Å². The molecule has 5 nitrogen and oxygen atoms in total. The number of hydrogen-bond acceptors (Lipinski definition) is 3. The van der Waals surface area contributed by atoms with E-state index >= 15 is 0 Å². The molecule has 6 heterocycles. The van der Waals surface area contributed by atoms with Gasteiger partial charge in [-0.05, 0) is 53.6 Å². The SMILES string of the molecule is C1=C(c2ccc(-c3ccccc3)cc2)OC2N1c1cccc3c1C21c2c(ccc4c5ccccc5n(c24)-c2cccc[n+]21)O3. The molecule has 5 aromatic carbocycles. The van der Waals surface area contributed by atoms with Crippen molar-refractivity contribution in [2.45, 2.75) is 11.8 Å². The van der Waals surface area contributed by atoms with Crippen LogP contribution in [-0.2, 0) is 10.3 Å². The number of nitrogens with zero attached hydrogens (tertiary/aromatic N) is 3. The Morgan fingerprint density at radius 2 is 1.39 bits per heavy atom. The minimum absolute atomic E-state index is 0.339. The molecular weight excluding hydrogens is 542 g/mol. The summed E-state index contributed by atoms with van der Waals surface area (Å²) >= 11 is 0. The lowest BCUT2D eigenvalue weighted by Gasteiger charge is -2.40. The molecule has 4 aliphatic rings. The highest BCUT2D eigenvalue weighted by Crippen LogP contribution is 2.62. The fraction of sp³-hybridized carbons (Fsp3) is 0.0513. The van der Waals surface area contributed by atoms with E-state index in [1.807, 2.05) is 6.07 Å². The van der Waals surface area contributed by atoms with Gasteiger partial charge in [0.2, 0.25) is 11.8 Å². The van der Waals surface area contributed by atoms with E-state index in [2.05, 4.69) is 148 Å². The molecule has 2 aromatic heterocycles. The number of hydrogen-bond donors (Lipinski definition) is 0. The van der Waals surface area contributed by atoms with E-state index in [1.54, 1.807) is 0 Å². The summed E-state index contributed by atoms with van der Waals surface area (Å²) in [6, 6.07) is 45.1. The molecule has 5 heteroatoms. The highest BCUT2D eigenvalue weighted by Gasteiger charge is 2.68. The molecule has 0 saturated carbocycles. The molecule has 0 aliphatic carbocycles. The fourth-order valence-corrected chi connectivity index (χ4v) is 8.18. The number of rotatable bonds is 2. The standard InChI is InChI=1S/C39H24N3O2/c1-2-9-24(10-3-1)25-16-18-26(19-17-25)33-23-40-30-13-8-14-31-35(30)39(38(40)44-33)36-32(43-31)21-20-28-27-11-4-5-12-29(27)42(37(28)36)34-15-6-7-22-41(34)39/h1-23,38H/q+1. The van der Waals surface area contributed by atoms with Crippen LogP contribution in [0.1, 0.15) is 16.7 Å². The summed E-state index contributed by atoms with van der Waals surface area (Å²) in [5.74, 6) is 3.72. The van der Waals surface area contributed by atoms with E-state index < -0.39 is 5.54 Å². The van der Waals surface area contributed by atoms with Crippen LogP contribution >= 0.6 is 0 Å². The maximum atomic E-state index is 7.15. The molecular formula is C39H24N3O2+. The van der Waals surface area contributed by atoms with Crippen molar-refractivity contribution in [2.75, 3.05) is 4.90 Å². The molecule has 44 heavy (non-hydrogen) atoms. The van der Waals surface area contributed by atoms with Crippen LogP contribution in [0.4, 0.5) is 5.69 Å². The van der Waals surface area contributed by atoms with E-state index in [0.717, 1.165) is 45.5 Å². The average molecular weight is 567 g/mol. The monoisotopic (exact) mass is 566 g/mol. The number of fused-ring (bicyclic) bond motifs is 7. The van der Waals surface area contributed by atoms with Gasteiger partial charge in [0.1, 0.15) is 28.3 Å². The van der Waals surface area contributed by atoms with Gasteiger partial charge in [0.15, 0.2) is 5.52 Å². The summed E-state index contributed by atoms with van der Waals surface area (Å²) in [5, 5.41) is 2.45. The maximum Gasteiger partial charge on any atom is 0.288 e. The van der Waals surface area contributed by atoms with Gasteiger partial charge in [-0.2, -0.15) is 4.57 Å². The first kappa shape index (κ1) is 22.7.